The average molecular weight is 527 g/mol. The molecule has 0 bridgehead atoms. The fraction of sp³-hybridized carbons (Fsp3) is 0.438. The van der Waals surface area contributed by atoms with Crippen LogP contribution in [0.2, 0.25) is 0 Å². The van der Waals surface area contributed by atoms with Gasteiger partial charge in [-0.15, -0.1) is 0 Å². The van der Waals surface area contributed by atoms with E-state index in [1.165, 1.54) is 0 Å². The van der Waals surface area contributed by atoms with Gasteiger partial charge in [0, 0.05) is 11.6 Å². The average Bonchev–Trinajstić information content (AvgIpc) is 2.94. The first-order chi connectivity index (χ1) is 18.3. The van der Waals surface area contributed by atoms with E-state index in [9.17, 15) is 9.59 Å². The van der Waals surface area contributed by atoms with Crippen molar-refractivity contribution in [1.29, 1.82) is 0 Å². The lowest BCUT2D eigenvalue weighted by molar-refractivity contribution is -0.141. The molecule has 2 unspecified atom stereocenters. The third-order valence-electron chi connectivity index (χ3n) is 5.05. The lowest BCUT2D eigenvalue weighted by Crippen LogP contribution is -2.15. The van der Waals surface area contributed by atoms with Crippen molar-refractivity contribution in [2.24, 2.45) is 5.92 Å². The number of ether oxygens (including phenoxy) is 4. The van der Waals surface area contributed by atoms with E-state index in [1.54, 1.807) is 6.92 Å². The number of hydrogen-bond acceptors (Lipinski definition) is 6. The molecule has 38 heavy (non-hydrogen) atoms. The van der Waals surface area contributed by atoms with E-state index in [0.717, 1.165) is 23.6 Å². The van der Waals surface area contributed by atoms with Gasteiger partial charge in [0.2, 0.25) is 0 Å². The summed E-state index contributed by atoms with van der Waals surface area (Å²) >= 11 is 0. The first kappa shape index (κ1) is 34.8. The van der Waals surface area contributed by atoms with Crippen LogP contribution in [0, 0.1) is 5.92 Å². The summed E-state index contributed by atoms with van der Waals surface area (Å²) in [5, 5.41) is 0. The van der Waals surface area contributed by atoms with Crippen LogP contribution in [0.4, 0.5) is 0 Å². The number of esters is 2. The second kappa shape index (κ2) is 21.8. The predicted molar refractivity (Wildman–Crippen MR) is 154 cm³/mol. The smallest absolute Gasteiger partial charge is 0.333 e. The molecule has 2 atom stereocenters. The van der Waals surface area contributed by atoms with Crippen LogP contribution in [0.1, 0.15) is 71.3 Å². The second-order valence-corrected chi connectivity index (χ2v) is 8.41. The Kier molecular flexibility index (Phi) is 20.0. The van der Waals surface area contributed by atoms with Crippen LogP contribution in [0.3, 0.4) is 0 Å². The van der Waals surface area contributed by atoms with Crippen molar-refractivity contribution in [3.8, 4) is 0 Å². The van der Waals surface area contributed by atoms with Gasteiger partial charge in [0.15, 0.2) is 0 Å². The van der Waals surface area contributed by atoms with Crippen molar-refractivity contribution in [3.05, 3.63) is 96.6 Å². The molecule has 2 aromatic carbocycles. The summed E-state index contributed by atoms with van der Waals surface area (Å²) in [7, 11) is 0. The molecule has 6 heteroatoms. The number of carbonyl (C=O) groups is 2. The summed E-state index contributed by atoms with van der Waals surface area (Å²) < 4.78 is 21.3. The fourth-order valence-corrected chi connectivity index (χ4v) is 3.26. The molecule has 0 aliphatic carbocycles. The molecule has 0 fully saturated rings. The van der Waals surface area contributed by atoms with E-state index in [4.69, 9.17) is 18.9 Å². The van der Waals surface area contributed by atoms with Gasteiger partial charge in [-0.1, -0.05) is 108 Å². The third-order valence-corrected chi connectivity index (χ3v) is 5.05. The number of carbonyl (C=O) groups excluding carboxylic acids is 2. The number of rotatable bonds is 14. The third kappa shape index (κ3) is 15.1. The summed E-state index contributed by atoms with van der Waals surface area (Å²) in [4.78, 5) is 22.0. The molecule has 0 radical (unpaired) electrons. The highest BCUT2D eigenvalue weighted by Gasteiger charge is 2.16. The van der Waals surface area contributed by atoms with Crippen molar-refractivity contribution in [2.75, 3.05) is 26.4 Å². The molecular formula is C32H46O6. The van der Waals surface area contributed by atoms with Gasteiger partial charge in [0.05, 0.1) is 25.4 Å². The van der Waals surface area contributed by atoms with E-state index in [-0.39, 0.29) is 31.4 Å². The topological polar surface area (TPSA) is 71.1 Å². The van der Waals surface area contributed by atoms with Gasteiger partial charge in [-0.05, 0) is 30.4 Å². The number of hydrogen-bond donors (Lipinski definition) is 0. The van der Waals surface area contributed by atoms with E-state index < -0.39 is 5.97 Å². The van der Waals surface area contributed by atoms with Gasteiger partial charge in [-0.2, -0.15) is 0 Å². The van der Waals surface area contributed by atoms with Gasteiger partial charge in [0.25, 0.3) is 0 Å². The SMILES string of the molecule is C=C(C)C(=O)OCCOC(CC)c1ccccc1.C=CC(=O)OCCOC(c1ccccc1)C(C)C.CC. The minimum Gasteiger partial charge on any atom is -0.460 e. The van der Waals surface area contributed by atoms with Crippen LogP contribution in [0.25, 0.3) is 0 Å². The molecule has 0 heterocycles. The van der Waals surface area contributed by atoms with Crippen molar-refractivity contribution in [3.63, 3.8) is 0 Å². The zero-order valence-corrected chi connectivity index (χ0v) is 24.0. The highest BCUT2D eigenvalue weighted by Crippen LogP contribution is 2.25. The maximum atomic E-state index is 11.1. The Morgan fingerprint density at radius 1 is 0.816 bits per heavy atom. The molecule has 0 spiro atoms. The normalized spacial score (nSPS) is 11.6. The molecule has 2 rings (SSSR count). The van der Waals surface area contributed by atoms with Gasteiger partial charge < -0.3 is 18.9 Å². The number of benzene rings is 2. The molecule has 0 aliphatic heterocycles. The Hall–Kier alpha value is -3.22. The van der Waals surface area contributed by atoms with E-state index >= 15 is 0 Å². The standard InChI is InChI=1S/2C15H20O3.C2H6/c1-4-14(16)17-10-11-18-15(12(2)3)13-8-6-5-7-9-13;1-4-14(13-8-6-5-7-9-13)17-10-11-18-15(16)12(2)3;1-2/h4-9,12,15H,1,10-11H2,2-3H3;5-9,14H,2,4,10-11H2,1,3H3;1-2H3. The van der Waals surface area contributed by atoms with E-state index in [2.05, 4.69) is 33.9 Å². The Morgan fingerprint density at radius 3 is 1.79 bits per heavy atom. The first-order valence-electron chi connectivity index (χ1n) is 13.2. The molecule has 2 aromatic rings. The summed E-state index contributed by atoms with van der Waals surface area (Å²) in [6, 6.07) is 20.1. The van der Waals surface area contributed by atoms with Crippen LogP contribution < -0.4 is 0 Å². The van der Waals surface area contributed by atoms with Gasteiger partial charge in [-0.25, -0.2) is 9.59 Å². The van der Waals surface area contributed by atoms with Gasteiger partial charge in [0.1, 0.15) is 13.2 Å². The molecular weight excluding hydrogens is 480 g/mol. The van der Waals surface area contributed by atoms with Crippen LogP contribution in [-0.2, 0) is 28.5 Å². The maximum absolute atomic E-state index is 11.1. The van der Waals surface area contributed by atoms with Crippen molar-refractivity contribution >= 4 is 11.9 Å². The molecule has 0 saturated heterocycles. The van der Waals surface area contributed by atoms with E-state index in [0.29, 0.717) is 24.7 Å². The molecule has 210 valence electrons. The van der Waals surface area contributed by atoms with Crippen LogP contribution >= 0.6 is 0 Å². The minimum atomic E-state index is -0.417. The van der Waals surface area contributed by atoms with Gasteiger partial charge >= 0.3 is 11.9 Å². The lowest BCUT2D eigenvalue weighted by Gasteiger charge is -2.21. The second-order valence-electron chi connectivity index (χ2n) is 8.41. The molecule has 6 nitrogen and oxygen atoms in total. The molecule has 0 amide bonds. The highest BCUT2D eigenvalue weighted by molar-refractivity contribution is 5.86. The Labute approximate surface area is 229 Å². The maximum Gasteiger partial charge on any atom is 0.333 e. The van der Waals surface area contributed by atoms with Crippen molar-refractivity contribution in [1.82, 2.24) is 0 Å². The lowest BCUT2D eigenvalue weighted by atomic mass is 9.99. The molecule has 0 aliphatic rings. The zero-order valence-electron chi connectivity index (χ0n) is 24.0. The summed E-state index contributed by atoms with van der Waals surface area (Å²) in [5.74, 6) is -0.423. The molecule has 0 aromatic heterocycles. The van der Waals surface area contributed by atoms with Crippen molar-refractivity contribution in [2.45, 2.75) is 60.2 Å². The summed E-state index contributed by atoms with van der Waals surface area (Å²) in [5.41, 5.74) is 2.69. The largest absolute Gasteiger partial charge is 0.460 e. The van der Waals surface area contributed by atoms with Crippen molar-refractivity contribution < 1.29 is 28.5 Å². The highest BCUT2D eigenvalue weighted by atomic mass is 16.6. The molecule has 0 N–H and O–H groups in total. The predicted octanol–water partition coefficient (Wildman–Crippen LogP) is 7.43. The fourth-order valence-electron chi connectivity index (χ4n) is 3.26. The Bertz CT molecular complexity index is 908. The Balaban J connectivity index is 0.000000676. The Morgan fingerprint density at radius 2 is 1.32 bits per heavy atom. The zero-order chi connectivity index (χ0) is 28.8. The van der Waals surface area contributed by atoms with E-state index in [1.807, 2.05) is 74.5 Å². The first-order valence-corrected chi connectivity index (χ1v) is 13.2. The monoisotopic (exact) mass is 526 g/mol. The molecule has 0 saturated carbocycles. The summed E-state index contributed by atoms with van der Waals surface area (Å²) in [6.45, 7) is 20.0. The minimum absolute atomic E-state index is 0.0219. The van der Waals surface area contributed by atoms with Crippen LogP contribution in [0.15, 0.2) is 85.5 Å². The van der Waals surface area contributed by atoms with Gasteiger partial charge in [-0.3, -0.25) is 0 Å². The quantitative estimate of drug-likeness (QED) is 0.145. The summed E-state index contributed by atoms with van der Waals surface area (Å²) in [6.07, 6.45) is 2.11. The van der Waals surface area contributed by atoms with Crippen LogP contribution in [0.5, 0.6) is 0 Å². The van der Waals surface area contributed by atoms with Crippen LogP contribution in [-0.4, -0.2) is 38.4 Å².